The maximum atomic E-state index is 6.38. The molecule has 202 valence electrons. The third-order valence-electron chi connectivity index (χ3n) is 7.75. The standard InChI is InChI=1S/C29H34N8O2/c1-17-13-18(2)25-22(14-17)34-28(39-25)33-20-10-8-19(9-11-20)24-23-26(30)31-16-32-27(23)37(35-24)21-7-6-12-36(15-21)29(3,4)38-5/h8-11,13-14,16,21H,6-7,12,15H2,1-5H3,(H,33,34)(H2,30,31,32)/t21-/m1/s1. The van der Waals surface area contributed by atoms with Crippen LogP contribution in [0.5, 0.6) is 0 Å². The Morgan fingerprint density at radius 3 is 2.69 bits per heavy atom. The highest BCUT2D eigenvalue weighted by atomic mass is 16.5. The van der Waals surface area contributed by atoms with Gasteiger partial charge in [0.2, 0.25) is 0 Å². The van der Waals surface area contributed by atoms with E-state index in [2.05, 4.69) is 52.0 Å². The molecule has 0 amide bonds. The first-order valence-corrected chi connectivity index (χ1v) is 13.3. The third-order valence-corrected chi connectivity index (χ3v) is 7.75. The maximum absolute atomic E-state index is 6.38. The van der Waals surface area contributed by atoms with Crippen molar-refractivity contribution in [2.75, 3.05) is 31.2 Å². The lowest BCUT2D eigenvalue weighted by molar-refractivity contribution is -0.122. The molecule has 4 heterocycles. The number of likely N-dealkylation sites (tertiary alicyclic amines) is 1. The molecular weight excluding hydrogens is 492 g/mol. The highest BCUT2D eigenvalue weighted by Crippen LogP contribution is 2.35. The Bertz CT molecular complexity index is 1650. The van der Waals surface area contributed by atoms with Gasteiger partial charge in [-0.25, -0.2) is 14.6 Å². The summed E-state index contributed by atoms with van der Waals surface area (Å²) in [5.41, 5.74) is 13.2. The van der Waals surface area contributed by atoms with Gasteiger partial charge in [-0.1, -0.05) is 18.2 Å². The number of benzene rings is 2. The Labute approximate surface area is 227 Å². The van der Waals surface area contributed by atoms with Gasteiger partial charge in [0.15, 0.2) is 11.2 Å². The number of oxazole rings is 1. The SMILES string of the molecule is COC(C)(C)N1CCC[C@@H](n2nc(-c3ccc(Nc4nc5cc(C)cc(C)c5o4)cc3)c3c(N)ncnc32)C1. The molecule has 1 fully saturated rings. The Morgan fingerprint density at radius 2 is 1.92 bits per heavy atom. The van der Waals surface area contributed by atoms with Crippen LogP contribution < -0.4 is 11.1 Å². The van der Waals surface area contributed by atoms with E-state index < -0.39 is 0 Å². The zero-order valence-corrected chi connectivity index (χ0v) is 23.0. The third kappa shape index (κ3) is 4.59. The number of methoxy groups -OCH3 is 1. The molecule has 3 N–H and O–H groups in total. The molecule has 10 nitrogen and oxygen atoms in total. The van der Waals surface area contributed by atoms with E-state index in [0.29, 0.717) is 11.8 Å². The first-order chi connectivity index (χ1) is 18.7. The van der Waals surface area contributed by atoms with Crippen molar-refractivity contribution in [3.05, 3.63) is 53.9 Å². The number of fused-ring (bicyclic) bond motifs is 2. The fourth-order valence-corrected chi connectivity index (χ4v) is 5.49. The summed E-state index contributed by atoms with van der Waals surface area (Å²) in [5, 5.41) is 9.11. The van der Waals surface area contributed by atoms with Crippen molar-refractivity contribution >= 4 is 39.7 Å². The van der Waals surface area contributed by atoms with Crippen LogP contribution in [0.15, 0.2) is 47.1 Å². The lowest BCUT2D eigenvalue weighted by Gasteiger charge is -2.42. The van der Waals surface area contributed by atoms with Crippen LogP contribution >= 0.6 is 0 Å². The van der Waals surface area contributed by atoms with Gasteiger partial charge >= 0.3 is 0 Å². The Kier molecular flexibility index (Phi) is 6.23. The summed E-state index contributed by atoms with van der Waals surface area (Å²) < 4.78 is 13.8. The number of aryl methyl sites for hydroxylation is 2. The molecule has 0 radical (unpaired) electrons. The molecule has 5 aromatic rings. The predicted octanol–water partition coefficient (Wildman–Crippen LogP) is 5.60. The number of anilines is 3. The first kappa shape index (κ1) is 25.3. The van der Waals surface area contributed by atoms with E-state index in [1.54, 1.807) is 7.11 Å². The van der Waals surface area contributed by atoms with Gasteiger partial charge in [-0.3, -0.25) is 4.90 Å². The van der Waals surface area contributed by atoms with Gasteiger partial charge < -0.3 is 20.2 Å². The molecule has 1 atom stereocenters. The maximum Gasteiger partial charge on any atom is 0.300 e. The second-order valence-electron chi connectivity index (χ2n) is 10.8. The Morgan fingerprint density at radius 1 is 1.13 bits per heavy atom. The van der Waals surface area contributed by atoms with Crippen LogP contribution in [0, 0.1) is 13.8 Å². The molecule has 10 heteroatoms. The number of nitrogens with one attached hydrogen (secondary N) is 1. The van der Waals surface area contributed by atoms with Gasteiger partial charge in [0.25, 0.3) is 6.01 Å². The van der Waals surface area contributed by atoms with Gasteiger partial charge in [0.1, 0.15) is 29.1 Å². The molecule has 0 saturated carbocycles. The summed E-state index contributed by atoms with van der Waals surface area (Å²) in [5.74, 6) is 0.422. The number of nitrogens with two attached hydrogens (primary N) is 1. The van der Waals surface area contributed by atoms with Crippen molar-refractivity contribution in [1.82, 2.24) is 29.6 Å². The number of nitrogens with zero attached hydrogens (tertiary/aromatic N) is 6. The lowest BCUT2D eigenvalue weighted by Crippen LogP contribution is -2.50. The van der Waals surface area contributed by atoms with Gasteiger partial charge in [0, 0.05) is 31.5 Å². The van der Waals surface area contributed by atoms with Crippen molar-refractivity contribution in [2.45, 2.75) is 52.3 Å². The minimum absolute atomic E-state index is 0.144. The molecular formula is C29H34N8O2. The highest BCUT2D eigenvalue weighted by Gasteiger charge is 2.33. The molecule has 0 unspecified atom stereocenters. The van der Waals surface area contributed by atoms with Gasteiger partial charge in [-0.2, -0.15) is 10.1 Å². The second-order valence-corrected chi connectivity index (χ2v) is 10.8. The number of piperidine rings is 1. The smallest absolute Gasteiger partial charge is 0.300 e. The van der Waals surface area contributed by atoms with Crippen LogP contribution in [0.2, 0.25) is 0 Å². The number of hydrogen-bond acceptors (Lipinski definition) is 9. The van der Waals surface area contributed by atoms with E-state index in [-0.39, 0.29) is 11.8 Å². The zero-order valence-electron chi connectivity index (χ0n) is 23.0. The fraction of sp³-hybridized carbons (Fsp3) is 0.379. The molecule has 3 aromatic heterocycles. The number of rotatable bonds is 6. The molecule has 1 aliphatic rings. The van der Waals surface area contributed by atoms with Crippen molar-refractivity contribution in [3.8, 4) is 11.3 Å². The van der Waals surface area contributed by atoms with Crippen molar-refractivity contribution in [1.29, 1.82) is 0 Å². The van der Waals surface area contributed by atoms with Crippen LogP contribution in [0.1, 0.15) is 43.9 Å². The van der Waals surface area contributed by atoms with Gasteiger partial charge in [-0.15, -0.1) is 0 Å². The lowest BCUT2D eigenvalue weighted by atomic mass is 10.0. The normalized spacial score (nSPS) is 16.8. The van der Waals surface area contributed by atoms with Gasteiger partial charge in [0.05, 0.1) is 11.4 Å². The van der Waals surface area contributed by atoms with Crippen LogP contribution in [-0.4, -0.2) is 55.6 Å². The number of hydrogen-bond donors (Lipinski definition) is 2. The summed E-state index contributed by atoms with van der Waals surface area (Å²) in [4.78, 5) is 15.8. The van der Waals surface area contributed by atoms with Crippen LogP contribution in [-0.2, 0) is 4.74 Å². The Balaban J connectivity index is 1.31. The second kappa shape index (κ2) is 9.62. The summed E-state index contributed by atoms with van der Waals surface area (Å²) in [6.07, 6.45) is 3.56. The molecule has 0 spiro atoms. The molecule has 39 heavy (non-hydrogen) atoms. The van der Waals surface area contributed by atoms with Gasteiger partial charge in [-0.05, 0) is 69.9 Å². The van der Waals surface area contributed by atoms with Crippen molar-refractivity contribution in [2.24, 2.45) is 0 Å². The molecule has 1 aliphatic heterocycles. The van der Waals surface area contributed by atoms with Crippen LogP contribution in [0.3, 0.4) is 0 Å². The van der Waals surface area contributed by atoms with Crippen LogP contribution in [0.25, 0.3) is 33.4 Å². The number of nitrogen functional groups attached to an aromatic ring is 1. The monoisotopic (exact) mass is 526 g/mol. The molecule has 0 aliphatic carbocycles. The molecule has 2 aromatic carbocycles. The molecule has 1 saturated heterocycles. The quantitative estimate of drug-likeness (QED) is 0.291. The highest BCUT2D eigenvalue weighted by molar-refractivity contribution is 5.98. The van der Waals surface area contributed by atoms with E-state index in [1.165, 1.54) is 6.33 Å². The minimum Gasteiger partial charge on any atom is -0.423 e. The zero-order chi connectivity index (χ0) is 27.3. The predicted molar refractivity (Wildman–Crippen MR) is 153 cm³/mol. The van der Waals surface area contributed by atoms with Crippen molar-refractivity contribution < 1.29 is 9.15 Å². The van der Waals surface area contributed by atoms with E-state index in [0.717, 1.165) is 76.1 Å². The minimum atomic E-state index is -0.354. The first-order valence-electron chi connectivity index (χ1n) is 13.3. The largest absolute Gasteiger partial charge is 0.423 e. The summed E-state index contributed by atoms with van der Waals surface area (Å²) in [6.45, 7) is 10.1. The summed E-state index contributed by atoms with van der Waals surface area (Å²) in [7, 11) is 1.75. The summed E-state index contributed by atoms with van der Waals surface area (Å²) in [6, 6.07) is 12.7. The Hall–Kier alpha value is -4.02. The summed E-state index contributed by atoms with van der Waals surface area (Å²) >= 11 is 0. The molecule has 0 bridgehead atoms. The van der Waals surface area contributed by atoms with Crippen LogP contribution in [0.4, 0.5) is 17.5 Å². The average Bonchev–Trinajstić information content (AvgIpc) is 3.52. The van der Waals surface area contributed by atoms with E-state index >= 15 is 0 Å². The molecule has 6 rings (SSSR count). The average molecular weight is 527 g/mol. The van der Waals surface area contributed by atoms with E-state index in [1.807, 2.05) is 41.9 Å². The fourth-order valence-electron chi connectivity index (χ4n) is 5.49. The van der Waals surface area contributed by atoms with E-state index in [9.17, 15) is 0 Å². The van der Waals surface area contributed by atoms with Crippen molar-refractivity contribution in [3.63, 3.8) is 0 Å². The van der Waals surface area contributed by atoms with E-state index in [4.69, 9.17) is 20.0 Å². The number of ether oxygens (including phenoxy) is 1. The number of aromatic nitrogens is 5. The topological polar surface area (TPSA) is 120 Å².